The molecule has 2 atom stereocenters. The highest BCUT2D eigenvalue weighted by molar-refractivity contribution is 5.91. The number of hydrazine groups is 1. The van der Waals surface area contributed by atoms with Crippen LogP contribution in [0.3, 0.4) is 0 Å². The number of likely N-dealkylation sites (N-methyl/N-ethyl adjacent to an activating group) is 1. The molecule has 1 fully saturated rings. The van der Waals surface area contributed by atoms with Crippen molar-refractivity contribution in [1.29, 1.82) is 0 Å². The molecule has 7 nitrogen and oxygen atoms in total. The lowest BCUT2D eigenvalue weighted by Crippen LogP contribution is -2.52. The lowest BCUT2D eigenvalue weighted by molar-refractivity contribution is -0.143. The molecule has 2 aromatic carbocycles. The smallest absolute Gasteiger partial charge is 0.267 e. The predicted octanol–water partition coefficient (Wildman–Crippen LogP) is 2.11. The SMILES string of the molecule is CCN(CC)C(=O)CN1N=CN2NC(c3cccc4ccccc34)CC2C1=O. The van der Waals surface area contributed by atoms with E-state index in [0.717, 1.165) is 0 Å². The molecule has 2 aliphatic heterocycles. The largest absolute Gasteiger partial charge is 0.342 e. The van der Waals surface area contributed by atoms with Gasteiger partial charge in [-0.1, -0.05) is 42.5 Å². The first-order valence-corrected chi connectivity index (χ1v) is 9.77. The number of rotatable bonds is 5. The molecule has 0 saturated carbocycles. The second-order valence-corrected chi connectivity index (χ2v) is 7.10. The third kappa shape index (κ3) is 3.22. The zero-order chi connectivity index (χ0) is 19.7. The van der Waals surface area contributed by atoms with E-state index in [1.807, 2.05) is 32.0 Å². The first-order valence-electron chi connectivity index (χ1n) is 9.77. The van der Waals surface area contributed by atoms with Gasteiger partial charge in [0.05, 0.1) is 6.04 Å². The van der Waals surface area contributed by atoms with Crippen LogP contribution in [0.25, 0.3) is 10.8 Å². The van der Waals surface area contributed by atoms with Crippen molar-refractivity contribution in [2.75, 3.05) is 19.6 Å². The summed E-state index contributed by atoms with van der Waals surface area (Å²) in [5.41, 5.74) is 4.56. The molecule has 2 aliphatic rings. The molecular formula is C21H25N5O2. The van der Waals surface area contributed by atoms with Gasteiger partial charge in [-0.25, -0.2) is 10.4 Å². The second kappa shape index (κ2) is 7.59. The van der Waals surface area contributed by atoms with E-state index >= 15 is 0 Å². The van der Waals surface area contributed by atoms with Gasteiger partial charge in [0.15, 0.2) is 0 Å². The van der Waals surface area contributed by atoms with Crippen LogP contribution in [-0.4, -0.2) is 58.7 Å². The molecule has 0 bridgehead atoms. The third-order valence-corrected chi connectivity index (χ3v) is 5.55. The molecule has 0 aliphatic carbocycles. The Morgan fingerprint density at radius 2 is 1.93 bits per heavy atom. The molecule has 0 spiro atoms. The van der Waals surface area contributed by atoms with Crippen LogP contribution in [0.5, 0.6) is 0 Å². The van der Waals surface area contributed by atoms with Crippen molar-refractivity contribution in [1.82, 2.24) is 20.3 Å². The Labute approximate surface area is 164 Å². The Bertz CT molecular complexity index is 919. The quantitative estimate of drug-likeness (QED) is 0.864. The highest BCUT2D eigenvalue weighted by atomic mass is 16.2. The van der Waals surface area contributed by atoms with E-state index in [-0.39, 0.29) is 30.4 Å². The fourth-order valence-corrected chi connectivity index (χ4v) is 4.01. The lowest BCUT2D eigenvalue weighted by Gasteiger charge is -2.31. The van der Waals surface area contributed by atoms with E-state index in [0.29, 0.717) is 19.5 Å². The summed E-state index contributed by atoms with van der Waals surface area (Å²) in [4.78, 5) is 27.0. The normalized spacial score (nSPS) is 21.3. The van der Waals surface area contributed by atoms with Crippen molar-refractivity contribution >= 4 is 28.9 Å². The van der Waals surface area contributed by atoms with Gasteiger partial charge in [-0.05, 0) is 36.6 Å². The highest BCUT2D eigenvalue weighted by Gasteiger charge is 2.41. The Balaban J connectivity index is 1.52. The summed E-state index contributed by atoms with van der Waals surface area (Å²) in [5.74, 6) is -0.223. The number of carbonyl (C=O) groups is 2. The number of amides is 2. The predicted molar refractivity (Wildman–Crippen MR) is 108 cm³/mol. The van der Waals surface area contributed by atoms with Crippen LogP contribution >= 0.6 is 0 Å². The maximum Gasteiger partial charge on any atom is 0.267 e. The molecule has 2 aromatic rings. The molecule has 146 valence electrons. The van der Waals surface area contributed by atoms with Crippen LogP contribution in [0.1, 0.15) is 31.9 Å². The summed E-state index contributed by atoms with van der Waals surface area (Å²) in [5, 5.41) is 9.64. The van der Waals surface area contributed by atoms with Crippen molar-refractivity contribution in [3.05, 3.63) is 48.0 Å². The summed E-state index contributed by atoms with van der Waals surface area (Å²) in [6.07, 6.45) is 2.25. The minimum absolute atomic E-state index is 0.0136. The Hall–Kier alpha value is -2.93. The Morgan fingerprint density at radius 3 is 2.71 bits per heavy atom. The summed E-state index contributed by atoms with van der Waals surface area (Å²) in [6, 6.07) is 14.1. The average Bonchev–Trinajstić information content (AvgIpc) is 3.15. The fraction of sp³-hybridized carbons (Fsp3) is 0.381. The summed E-state index contributed by atoms with van der Waals surface area (Å²) >= 11 is 0. The van der Waals surface area contributed by atoms with E-state index in [9.17, 15) is 9.59 Å². The number of carbonyl (C=O) groups excluding carboxylic acids is 2. The van der Waals surface area contributed by atoms with Crippen LogP contribution in [0.2, 0.25) is 0 Å². The molecule has 2 heterocycles. The average molecular weight is 379 g/mol. The van der Waals surface area contributed by atoms with Crippen molar-refractivity contribution < 1.29 is 9.59 Å². The topological polar surface area (TPSA) is 68.2 Å². The van der Waals surface area contributed by atoms with E-state index in [2.05, 4.69) is 34.8 Å². The van der Waals surface area contributed by atoms with E-state index in [4.69, 9.17) is 0 Å². The van der Waals surface area contributed by atoms with Crippen LogP contribution in [0, 0.1) is 0 Å². The van der Waals surface area contributed by atoms with Crippen molar-refractivity contribution in [3.63, 3.8) is 0 Å². The third-order valence-electron chi connectivity index (χ3n) is 5.55. The van der Waals surface area contributed by atoms with Gasteiger partial charge in [0.1, 0.15) is 18.9 Å². The van der Waals surface area contributed by atoms with E-state index < -0.39 is 0 Å². The van der Waals surface area contributed by atoms with Gasteiger partial charge in [0, 0.05) is 13.1 Å². The molecule has 4 rings (SSSR count). The molecule has 0 radical (unpaired) electrons. The van der Waals surface area contributed by atoms with Gasteiger partial charge in [0.25, 0.3) is 5.91 Å². The second-order valence-electron chi connectivity index (χ2n) is 7.10. The van der Waals surface area contributed by atoms with Crippen molar-refractivity contribution in [3.8, 4) is 0 Å². The van der Waals surface area contributed by atoms with Gasteiger partial charge >= 0.3 is 0 Å². The zero-order valence-electron chi connectivity index (χ0n) is 16.2. The molecule has 1 saturated heterocycles. The van der Waals surface area contributed by atoms with E-state index in [1.165, 1.54) is 21.3 Å². The zero-order valence-corrected chi connectivity index (χ0v) is 16.2. The minimum Gasteiger partial charge on any atom is -0.342 e. The number of fused-ring (bicyclic) bond motifs is 2. The molecule has 1 N–H and O–H groups in total. The standard InChI is InChI=1S/C21H25N5O2/c1-3-24(4-2)20(27)13-25-21(28)19-12-18(23-26(19)14-22-25)17-11-7-9-15-8-5-6-10-16(15)17/h5-11,14,18-19,23H,3-4,12-13H2,1-2H3. The van der Waals surface area contributed by atoms with Gasteiger partial charge in [0.2, 0.25) is 5.91 Å². The molecule has 2 unspecified atom stereocenters. The van der Waals surface area contributed by atoms with Gasteiger partial charge < -0.3 is 4.90 Å². The van der Waals surface area contributed by atoms with Crippen molar-refractivity contribution in [2.24, 2.45) is 5.10 Å². The highest BCUT2D eigenvalue weighted by Crippen LogP contribution is 2.33. The Kier molecular flexibility index (Phi) is 5.00. The van der Waals surface area contributed by atoms with Crippen molar-refractivity contribution in [2.45, 2.75) is 32.4 Å². The van der Waals surface area contributed by atoms with Gasteiger partial charge in [-0.3, -0.25) is 14.6 Å². The fourth-order valence-electron chi connectivity index (χ4n) is 4.01. The van der Waals surface area contributed by atoms with E-state index in [1.54, 1.807) is 16.2 Å². The molecule has 2 amide bonds. The van der Waals surface area contributed by atoms with Crippen LogP contribution < -0.4 is 5.43 Å². The first-order chi connectivity index (χ1) is 13.6. The number of nitrogens with zero attached hydrogens (tertiary/aromatic N) is 4. The summed E-state index contributed by atoms with van der Waals surface area (Å²) < 4.78 is 0. The van der Waals surface area contributed by atoms with Crippen LogP contribution in [0.4, 0.5) is 0 Å². The maximum atomic E-state index is 12.9. The first kappa shape index (κ1) is 18.4. The lowest BCUT2D eigenvalue weighted by atomic mass is 9.96. The van der Waals surface area contributed by atoms with Gasteiger partial charge in [-0.15, -0.1) is 0 Å². The molecule has 28 heavy (non-hydrogen) atoms. The minimum atomic E-state index is -0.356. The Morgan fingerprint density at radius 1 is 1.18 bits per heavy atom. The number of nitrogens with one attached hydrogen (secondary N) is 1. The molecule has 7 heteroatoms. The summed E-state index contributed by atoms with van der Waals surface area (Å²) in [7, 11) is 0. The summed E-state index contributed by atoms with van der Waals surface area (Å²) in [6.45, 7) is 5.10. The number of hydrogen-bond donors (Lipinski definition) is 1. The molecule has 0 aromatic heterocycles. The number of benzene rings is 2. The van der Waals surface area contributed by atoms with Gasteiger partial charge in [-0.2, -0.15) is 5.10 Å². The number of hydrogen-bond acceptors (Lipinski definition) is 5. The number of hydrazone groups is 1. The van der Waals surface area contributed by atoms with Crippen LogP contribution in [0.15, 0.2) is 47.6 Å². The molecular weight excluding hydrogens is 354 g/mol. The van der Waals surface area contributed by atoms with Crippen LogP contribution in [-0.2, 0) is 9.59 Å². The monoisotopic (exact) mass is 379 g/mol. The maximum absolute atomic E-state index is 12.9.